The Bertz CT molecular complexity index is 636. The Morgan fingerprint density at radius 1 is 1.48 bits per heavy atom. The zero-order valence-electron chi connectivity index (χ0n) is 13.6. The van der Waals surface area contributed by atoms with Crippen LogP contribution >= 0.6 is 11.6 Å². The van der Waals surface area contributed by atoms with Crippen molar-refractivity contribution in [2.75, 3.05) is 42.0 Å². The zero-order chi connectivity index (χ0) is 17.0. The predicted octanol–water partition coefficient (Wildman–Crippen LogP) is 2.34. The largest absolute Gasteiger partial charge is 0.390 e. The van der Waals surface area contributed by atoms with Crippen LogP contribution < -0.4 is 10.2 Å². The minimum atomic E-state index is -3.34. The molecule has 0 spiro atoms. The van der Waals surface area contributed by atoms with E-state index in [1.165, 1.54) is 12.7 Å². The third-order valence-electron chi connectivity index (χ3n) is 4.09. The lowest BCUT2D eigenvalue weighted by molar-refractivity contribution is 0.211. The van der Waals surface area contributed by atoms with Crippen LogP contribution in [0, 0.1) is 5.92 Å². The van der Waals surface area contributed by atoms with Gasteiger partial charge in [0.15, 0.2) is 9.84 Å². The standard InChI is InChI=1S/C16H25ClN2O3S/c1-12-4-3-7-19(11-12)13-5-6-16(23(2,21)22)15(8-13)18-10-14(20)9-17/h5-6,8,12,14,18,20H,3-4,7,9-11H2,1-2H3. The van der Waals surface area contributed by atoms with E-state index in [2.05, 4.69) is 17.1 Å². The molecule has 130 valence electrons. The molecular weight excluding hydrogens is 336 g/mol. The highest BCUT2D eigenvalue weighted by atomic mass is 35.5. The fraction of sp³-hybridized carbons (Fsp3) is 0.625. The van der Waals surface area contributed by atoms with E-state index in [4.69, 9.17) is 11.6 Å². The Labute approximate surface area is 143 Å². The molecule has 2 N–H and O–H groups in total. The maximum Gasteiger partial charge on any atom is 0.177 e. The summed E-state index contributed by atoms with van der Waals surface area (Å²) in [5.74, 6) is 0.734. The van der Waals surface area contributed by atoms with Crippen LogP contribution in [-0.2, 0) is 9.84 Å². The summed E-state index contributed by atoms with van der Waals surface area (Å²) in [4.78, 5) is 2.52. The highest BCUT2D eigenvalue weighted by molar-refractivity contribution is 7.90. The van der Waals surface area contributed by atoms with Gasteiger partial charge in [-0.2, -0.15) is 0 Å². The second-order valence-corrected chi connectivity index (χ2v) is 8.63. The topological polar surface area (TPSA) is 69.6 Å². The Kier molecular flexibility index (Phi) is 6.17. The van der Waals surface area contributed by atoms with Crippen LogP contribution in [0.4, 0.5) is 11.4 Å². The number of benzene rings is 1. The van der Waals surface area contributed by atoms with Gasteiger partial charge in [-0.15, -0.1) is 11.6 Å². The van der Waals surface area contributed by atoms with Crippen LogP contribution in [0.5, 0.6) is 0 Å². The van der Waals surface area contributed by atoms with E-state index in [0.29, 0.717) is 11.6 Å². The summed E-state index contributed by atoms with van der Waals surface area (Å²) >= 11 is 5.60. The fourth-order valence-electron chi connectivity index (χ4n) is 2.88. The Morgan fingerprint density at radius 2 is 2.22 bits per heavy atom. The molecule has 1 fully saturated rings. The molecule has 2 unspecified atom stereocenters. The first-order chi connectivity index (χ1) is 10.8. The van der Waals surface area contributed by atoms with Gasteiger partial charge in [0, 0.05) is 31.6 Å². The number of aliphatic hydroxyl groups is 1. The van der Waals surface area contributed by atoms with Crippen LogP contribution in [-0.4, -0.2) is 51.4 Å². The maximum atomic E-state index is 12.0. The number of aliphatic hydroxyl groups excluding tert-OH is 1. The number of nitrogens with one attached hydrogen (secondary N) is 1. The average Bonchev–Trinajstić information content (AvgIpc) is 2.51. The predicted molar refractivity (Wildman–Crippen MR) is 95.4 cm³/mol. The van der Waals surface area contributed by atoms with Crippen molar-refractivity contribution in [3.8, 4) is 0 Å². The van der Waals surface area contributed by atoms with E-state index in [9.17, 15) is 13.5 Å². The summed E-state index contributed by atoms with van der Waals surface area (Å²) in [6, 6.07) is 5.35. The molecule has 0 bridgehead atoms. The van der Waals surface area contributed by atoms with Crippen molar-refractivity contribution in [3.63, 3.8) is 0 Å². The molecule has 1 saturated heterocycles. The quantitative estimate of drug-likeness (QED) is 0.762. The number of sulfone groups is 1. The molecule has 0 radical (unpaired) electrons. The molecule has 2 atom stereocenters. The summed E-state index contributed by atoms with van der Waals surface area (Å²) in [7, 11) is -3.34. The van der Waals surface area contributed by atoms with Gasteiger partial charge < -0.3 is 15.3 Å². The van der Waals surface area contributed by atoms with Crippen molar-refractivity contribution in [1.29, 1.82) is 0 Å². The van der Waals surface area contributed by atoms with Crippen LogP contribution in [0.25, 0.3) is 0 Å². The van der Waals surface area contributed by atoms with Gasteiger partial charge >= 0.3 is 0 Å². The normalized spacial score (nSPS) is 20.3. The molecule has 0 aromatic heterocycles. The second kappa shape index (κ2) is 7.73. The molecule has 1 aromatic carbocycles. The number of anilines is 2. The van der Waals surface area contributed by atoms with Gasteiger partial charge in [0.25, 0.3) is 0 Å². The smallest absolute Gasteiger partial charge is 0.177 e. The molecule has 1 aliphatic rings. The molecule has 0 saturated carbocycles. The zero-order valence-corrected chi connectivity index (χ0v) is 15.2. The van der Waals surface area contributed by atoms with Gasteiger partial charge in [-0.3, -0.25) is 0 Å². The lowest BCUT2D eigenvalue weighted by Crippen LogP contribution is -2.34. The number of alkyl halides is 1. The second-order valence-electron chi connectivity index (χ2n) is 6.34. The Balaban J connectivity index is 2.28. The maximum absolute atomic E-state index is 12.0. The summed E-state index contributed by atoms with van der Waals surface area (Å²) in [5, 5.41) is 12.6. The summed E-state index contributed by atoms with van der Waals surface area (Å²) in [6.45, 7) is 4.40. The molecule has 0 amide bonds. The van der Waals surface area contributed by atoms with Crippen LogP contribution in [0.2, 0.25) is 0 Å². The first-order valence-electron chi connectivity index (χ1n) is 7.88. The molecule has 1 aliphatic heterocycles. The van der Waals surface area contributed by atoms with Crippen LogP contribution in [0.15, 0.2) is 23.1 Å². The lowest BCUT2D eigenvalue weighted by atomic mass is 10.00. The molecule has 2 rings (SSSR count). The van der Waals surface area contributed by atoms with E-state index < -0.39 is 15.9 Å². The Hall–Kier alpha value is -0.980. The summed E-state index contributed by atoms with van der Waals surface area (Å²) in [6.07, 6.45) is 2.84. The highest BCUT2D eigenvalue weighted by Gasteiger charge is 2.20. The number of rotatable bonds is 6. The van der Waals surface area contributed by atoms with Gasteiger partial charge in [-0.25, -0.2) is 8.42 Å². The van der Waals surface area contributed by atoms with E-state index in [1.807, 2.05) is 12.1 Å². The molecule has 7 heteroatoms. The van der Waals surface area contributed by atoms with Gasteiger partial charge in [0.1, 0.15) is 0 Å². The Morgan fingerprint density at radius 3 is 2.83 bits per heavy atom. The van der Waals surface area contributed by atoms with E-state index in [-0.39, 0.29) is 17.3 Å². The lowest BCUT2D eigenvalue weighted by Gasteiger charge is -2.33. The molecular formula is C16H25ClN2O3S. The number of nitrogens with zero attached hydrogens (tertiary/aromatic N) is 1. The molecule has 23 heavy (non-hydrogen) atoms. The van der Waals surface area contributed by atoms with Crippen molar-refractivity contribution >= 4 is 32.8 Å². The minimum Gasteiger partial charge on any atom is -0.390 e. The van der Waals surface area contributed by atoms with Gasteiger partial charge in [0.2, 0.25) is 0 Å². The molecule has 0 aliphatic carbocycles. The number of hydrogen-bond donors (Lipinski definition) is 2. The van der Waals surface area contributed by atoms with E-state index in [1.54, 1.807) is 6.07 Å². The number of halogens is 1. The van der Waals surface area contributed by atoms with Gasteiger partial charge in [-0.1, -0.05) is 6.92 Å². The summed E-state index contributed by atoms with van der Waals surface area (Å²) in [5.41, 5.74) is 1.53. The highest BCUT2D eigenvalue weighted by Crippen LogP contribution is 2.30. The van der Waals surface area contributed by atoms with E-state index in [0.717, 1.165) is 25.2 Å². The minimum absolute atomic E-state index is 0.102. The monoisotopic (exact) mass is 360 g/mol. The van der Waals surface area contributed by atoms with Crippen LogP contribution in [0.1, 0.15) is 19.8 Å². The van der Waals surface area contributed by atoms with Crippen LogP contribution in [0.3, 0.4) is 0 Å². The molecule has 1 heterocycles. The molecule has 1 aromatic rings. The SMILES string of the molecule is CC1CCCN(c2ccc(S(C)(=O)=O)c(NCC(O)CCl)c2)C1. The first kappa shape index (κ1) is 18.4. The number of piperidine rings is 1. The van der Waals surface area contributed by atoms with Crippen molar-refractivity contribution < 1.29 is 13.5 Å². The van der Waals surface area contributed by atoms with E-state index >= 15 is 0 Å². The number of hydrogen-bond acceptors (Lipinski definition) is 5. The molecule has 5 nitrogen and oxygen atoms in total. The fourth-order valence-corrected chi connectivity index (χ4v) is 3.84. The van der Waals surface area contributed by atoms with Gasteiger partial charge in [0.05, 0.1) is 22.6 Å². The van der Waals surface area contributed by atoms with Crippen molar-refractivity contribution in [2.24, 2.45) is 5.92 Å². The third kappa shape index (κ3) is 4.99. The average molecular weight is 361 g/mol. The van der Waals surface area contributed by atoms with Crippen molar-refractivity contribution in [2.45, 2.75) is 30.8 Å². The third-order valence-corrected chi connectivity index (χ3v) is 5.60. The van der Waals surface area contributed by atoms with Gasteiger partial charge in [-0.05, 0) is 37.0 Å². The van der Waals surface area contributed by atoms with Crippen molar-refractivity contribution in [3.05, 3.63) is 18.2 Å². The first-order valence-corrected chi connectivity index (χ1v) is 10.3. The van der Waals surface area contributed by atoms with Crippen molar-refractivity contribution in [1.82, 2.24) is 0 Å². The summed E-state index contributed by atoms with van der Waals surface area (Å²) < 4.78 is 23.9.